The first-order valence-corrected chi connectivity index (χ1v) is 7.17. The fourth-order valence-corrected chi connectivity index (χ4v) is 2.33. The van der Waals surface area contributed by atoms with Crippen LogP contribution in [0.25, 0.3) is 0 Å². The summed E-state index contributed by atoms with van der Waals surface area (Å²) < 4.78 is 6.41. The predicted molar refractivity (Wildman–Crippen MR) is 76.3 cm³/mol. The van der Waals surface area contributed by atoms with Gasteiger partial charge in [0, 0.05) is 17.6 Å². The molecule has 1 aromatic rings. The summed E-state index contributed by atoms with van der Waals surface area (Å²) in [4.78, 5) is 0. The summed E-state index contributed by atoms with van der Waals surface area (Å²) in [5.41, 5.74) is -0.873. The van der Waals surface area contributed by atoms with Crippen LogP contribution in [0.5, 0.6) is 5.75 Å². The summed E-state index contributed by atoms with van der Waals surface area (Å²) in [7, 11) is 0. The Balaban J connectivity index is 1.84. The van der Waals surface area contributed by atoms with E-state index in [1.54, 1.807) is 25.1 Å². The molecule has 0 heterocycles. The molecule has 1 aliphatic carbocycles. The minimum atomic E-state index is -0.873. The van der Waals surface area contributed by atoms with Crippen LogP contribution in [-0.4, -0.2) is 29.9 Å². The van der Waals surface area contributed by atoms with Crippen molar-refractivity contribution < 1.29 is 9.84 Å². The Morgan fingerprint density at radius 2 is 2.28 bits per heavy atom. The molecular weight excluding hydrogens is 318 g/mol. The van der Waals surface area contributed by atoms with E-state index < -0.39 is 5.60 Å². The van der Waals surface area contributed by atoms with Crippen molar-refractivity contribution in [3.05, 3.63) is 27.7 Å². The molecule has 1 saturated carbocycles. The number of hydrogen-bond acceptors (Lipinski definition) is 3. The van der Waals surface area contributed by atoms with Gasteiger partial charge >= 0.3 is 0 Å². The first-order valence-electron chi connectivity index (χ1n) is 6.00. The third-order valence-electron chi connectivity index (χ3n) is 2.78. The number of ether oxygens (including phenoxy) is 1. The highest BCUT2D eigenvalue weighted by Gasteiger charge is 2.27. The van der Waals surface area contributed by atoms with Crippen molar-refractivity contribution in [2.45, 2.75) is 31.4 Å². The van der Waals surface area contributed by atoms with Crippen LogP contribution in [0.2, 0.25) is 5.02 Å². The quantitative estimate of drug-likeness (QED) is 0.840. The molecule has 0 radical (unpaired) electrons. The minimum Gasteiger partial charge on any atom is -0.489 e. The van der Waals surface area contributed by atoms with Crippen molar-refractivity contribution in [2.24, 2.45) is 0 Å². The Morgan fingerprint density at radius 1 is 1.56 bits per heavy atom. The number of rotatable bonds is 6. The van der Waals surface area contributed by atoms with E-state index in [4.69, 9.17) is 16.3 Å². The van der Waals surface area contributed by atoms with Gasteiger partial charge in [-0.3, -0.25) is 0 Å². The first-order chi connectivity index (χ1) is 8.46. The van der Waals surface area contributed by atoms with E-state index in [0.29, 0.717) is 23.4 Å². The fourth-order valence-electron chi connectivity index (χ4n) is 1.53. The molecule has 0 aromatic heterocycles. The van der Waals surface area contributed by atoms with E-state index >= 15 is 0 Å². The molecule has 1 aromatic carbocycles. The van der Waals surface area contributed by atoms with Gasteiger partial charge in [0.15, 0.2) is 0 Å². The van der Waals surface area contributed by atoms with Crippen molar-refractivity contribution in [1.29, 1.82) is 0 Å². The lowest BCUT2D eigenvalue weighted by atomic mass is 10.1. The van der Waals surface area contributed by atoms with E-state index in [9.17, 15) is 5.11 Å². The molecule has 3 nitrogen and oxygen atoms in total. The lowest BCUT2D eigenvalue weighted by Crippen LogP contribution is -2.43. The second-order valence-electron chi connectivity index (χ2n) is 5.02. The van der Waals surface area contributed by atoms with Crippen molar-refractivity contribution >= 4 is 27.5 Å². The highest BCUT2D eigenvalue weighted by atomic mass is 79.9. The van der Waals surface area contributed by atoms with Gasteiger partial charge in [0.1, 0.15) is 18.0 Å². The molecule has 2 rings (SSSR count). The van der Waals surface area contributed by atoms with Crippen molar-refractivity contribution in [2.75, 3.05) is 13.2 Å². The lowest BCUT2D eigenvalue weighted by molar-refractivity contribution is 0.0118. The predicted octanol–water partition coefficient (Wildman–Crippen LogP) is 2.98. The maximum atomic E-state index is 10.2. The monoisotopic (exact) mass is 333 g/mol. The summed E-state index contributed by atoms with van der Waals surface area (Å²) in [5.74, 6) is 0.686. The van der Waals surface area contributed by atoms with Crippen LogP contribution in [0.4, 0.5) is 0 Å². The summed E-state index contributed by atoms with van der Waals surface area (Å²) in [6.45, 7) is 2.56. The average molecular weight is 335 g/mol. The standard InChI is InChI=1S/C13H17BrClNO2/c1-13(17,7-16-10-3-4-10)8-18-12-5-2-9(15)6-11(12)14/h2,5-6,10,16-17H,3-4,7-8H2,1H3. The molecule has 1 unspecified atom stereocenters. The third kappa shape index (κ3) is 4.43. The van der Waals surface area contributed by atoms with Gasteiger partial charge in [-0.15, -0.1) is 0 Å². The molecule has 2 N–H and O–H groups in total. The number of benzene rings is 1. The Hall–Kier alpha value is -0.290. The Labute approximate surface area is 121 Å². The Bertz CT molecular complexity index is 421. The largest absolute Gasteiger partial charge is 0.489 e. The molecule has 0 saturated heterocycles. The van der Waals surface area contributed by atoms with Gasteiger partial charge in [0.05, 0.1) is 4.47 Å². The summed E-state index contributed by atoms with van der Waals surface area (Å²) in [6.07, 6.45) is 2.42. The molecule has 0 bridgehead atoms. The van der Waals surface area contributed by atoms with Crippen molar-refractivity contribution in [3.8, 4) is 5.75 Å². The molecule has 0 spiro atoms. The second-order valence-corrected chi connectivity index (χ2v) is 6.31. The van der Waals surface area contributed by atoms with Crippen LogP contribution in [-0.2, 0) is 0 Å². The molecule has 0 amide bonds. The maximum absolute atomic E-state index is 10.2. The normalized spacial score (nSPS) is 18.4. The lowest BCUT2D eigenvalue weighted by Gasteiger charge is -2.24. The Morgan fingerprint density at radius 3 is 2.89 bits per heavy atom. The SMILES string of the molecule is CC(O)(CNC1CC1)COc1ccc(Cl)cc1Br. The van der Waals surface area contributed by atoms with Gasteiger partial charge in [0.25, 0.3) is 0 Å². The third-order valence-corrected chi connectivity index (χ3v) is 3.64. The molecule has 1 fully saturated rings. The Kier molecular flexibility index (Phi) is 4.54. The number of halogens is 2. The summed E-state index contributed by atoms with van der Waals surface area (Å²) in [6, 6.07) is 5.91. The summed E-state index contributed by atoms with van der Waals surface area (Å²) >= 11 is 9.23. The average Bonchev–Trinajstić information content (AvgIpc) is 3.09. The number of aliphatic hydroxyl groups is 1. The molecule has 100 valence electrons. The zero-order valence-electron chi connectivity index (χ0n) is 10.2. The smallest absolute Gasteiger partial charge is 0.133 e. The molecule has 1 atom stereocenters. The van der Waals surface area contributed by atoms with Gasteiger partial charge < -0.3 is 15.2 Å². The van der Waals surface area contributed by atoms with Gasteiger partial charge in [-0.05, 0) is 53.9 Å². The highest BCUT2D eigenvalue weighted by Crippen LogP contribution is 2.28. The maximum Gasteiger partial charge on any atom is 0.133 e. The summed E-state index contributed by atoms with van der Waals surface area (Å²) in [5, 5.41) is 14.1. The number of hydrogen-bond donors (Lipinski definition) is 2. The zero-order chi connectivity index (χ0) is 13.2. The topological polar surface area (TPSA) is 41.5 Å². The second kappa shape index (κ2) is 5.78. The van der Waals surface area contributed by atoms with E-state index in [-0.39, 0.29) is 6.61 Å². The molecule has 5 heteroatoms. The van der Waals surface area contributed by atoms with Crippen LogP contribution in [0.15, 0.2) is 22.7 Å². The van der Waals surface area contributed by atoms with Gasteiger partial charge in [-0.2, -0.15) is 0 Å². The van der Waals surface area contributed by atoms with E-state index in [0.717, 1.165) is 4.47 Å². The van der Waals surface area contributed by atoms with Crippen LogP contribution < -0.4 is 10.1 Å². The van der Waals surface area contributed by atoms with Crippen molar-refractivity contribution in [1.82, 2.24) is 5.32 Å². The van der Waals surface area contributed by atoms with Crippen LogP contribution >= 0.6 is 27.5 Å². The van der Waals surface area contributed by atoms with Crippen LogP contribution in [0, 0.1) is 0 Å². The highest BCUT2D eigenvalue weighted by molar-refractivity contribution is 9.10. The molecule has 18 heavy (non-hydrogen) atoms. The van der Waals surface area contributed by atoms with Crippen LogP contribution in [0.3, 0.4) is 0 Å². The van der Waals surface area contributed by atoms with Crippen molar-refractivity contribution in [3.63, 3.8) is 0 Å². The van der Waals surface area contributed by atoms with Crippen LogP contribution in [0.1, 0.15) is 19.8 Å². The van der Waals surface area contributed by atoms with E-state index in [2.05, 4.69) is 21.2 Å². The van der Waals surface area contributed by atoms with E-state index in [1.807, 2.05) is 0 Å². The van der Waals surface area contributed by atoms with E-state index in [1.165, 1.54) is 12.8 Å². The fraction of sp³-hybridized carbons (Fsp3) is 0.538. The van der Waals surface area contributed by atoms with Gasteiger partial charge in [0.2, 0.25) is 0 Å². The first kappa shape index (κ1) is 14.1. The molecule has 1 aliphatic rings. The zero-order valence-corrected chi connectivity index (χ0v) is 12.6. The molecule has 0 aliphatic heterocycles. The van der Waals surface area contributed by atoms with Gasteiger partial charge in [-0.1, -0.05) is 11.6 Å². The minimum absolute atomic E-state index is 0.243. The number of nitrogens with one attached hydrogen (secondary N) is 1. The van der Waals surface area contributed by atoms with Gasteiger partial charge in [-0.25, -0.2) is 0 Å². The molecular formula is C13H17BrClNO2.